The van der Waals surface area contributed by atoms with E-state index in [4.69, 9.17) is 5.26 Å². The number of amides is 1. The molecule has 1 saturated heterocycles. The molecular weight excluding hydrogens is 302 g/mol. The van der Waals surface area contributed by atoms with E-state index in [1.807, 2.05) is 12.1 Å². The van der Waals surface area contributed by atoms with Crippen LogP contribution in [0.4, 0.5) is 5.82 Å². The topological polar surface area (TPSA) is 81.9 Å². The zero-order valence-electron chi connectivity index (χ0n) is 13.4. The summed E-state index contributed by atoms with van der Waals surface area (Å²) in [6, 6.07) is 10.6. The van der Waals surface area contributed by atoms with Crippen molar-refractivity contribution in [3.05, 3.63) is 53.5 Å². The quantitative estimate of drug-likeness (QED) is 0.934. The zero-order valence-corrected chi connectivity index (χ0v) is 13.4. The molecule has 24 heavy (non-hydrogen) atoms. The SMILES string of the molecule is N#Cc1cccc(C(=O)NCc2nccc(N3CCCCC3)n2)c1. The number of nitrogens with zero attached hydrogens (tertiary/aromatic N) is 4. The summed E-state index contributed by atoms with van der Waals surface area (Å²) >= 11 is 0. The number of carbonyl (C=O) groups excluding carboxylic acids is 1. The molecule has 0 saturated carbocycles. The van der Waals surface area contributed by atoms with Crippen LogP contribution < -0.4 is 10.2 Å². The molecule has 6 heteroatoms. The van der Waals surface area contributed by atoms with Crippen LogP contribution in [-0.4, -0.2) is 29.0 Å². The highest BCUT2D eigenvalue weighted by Crippen LogP contribution is 2.16. The van der Waals surface area contributed by atoms with Gasteiger partial charge in [-0.2, -0.15) is 5.26 Å². The highest BCUT2D eigenvalue weighted by molar-refractivity contribution is 5.94. The smallest absolute Gasteiger partial charge is 0.251 e. The predicted molar refractivity (Wildman–Crippen MR) is 90.4 cm³/mol. The highest BCUT2D eigenvalue weighted by atomic mass is 16.1. The molecule has 122 valence electrons. The standard InChI is InChI=1S/C18H19N5O/c19-12-14-5-4-6-15(11-14)18(24)21-13-16-20-8-7-17(22-16)23-9-2-1-3-10-23/h4-8,11H,1-3,9-10,13H2,(H,21,24). The predicted octanol–water partition coefficient (Wildman–Crippen LogP) is 2.27. The molecule has 1 N–H and O–H groups in total. The summed E-state index contributed by atoms with van der Waals surface area (Å²) in [5.74, 6) is 1.27. The van der Waals surface area contributed by atoms with Gasteiger partial charge in [-0.1, -0.05) is 6.07 Å². The van der Waals surface area contributed by atoms with Crippen molar-refractivity contribution in [1.29, 1.82) is 5.26 Å². The maximum absolute atomic E-state index is 12.2. The molecule has 1 aliphatic rings. The van der Waals surface area contributed by atoms with Gasteiger partial charge in [0, 0.05) is 24.8 Å². The lowest BCUT2D eigenvalue weighted by Crippen LogP contribution is -2.31. The second-order valence-corrected chi connectivity index (χ2v) is 5.75. The third-order valence-electron chi connectivity index (χ3n) is 4.03. The molecule has 1 aromatic heterocycles. The monoisotopic (exact) mass is 321 g/mol. The average Bonchev–Trinajstić information content (AvgIpc) is 2.67. The zero-order chi connectivity index (χ0) is 16.8. The normalized spacial score (nSPS) is 14.0. The van der Waals surface area contributed by atoms with E-state index < -0.39 is 0 Å². The van der Waals surface area contributed by atoms with Crippen molar-refractivity contribution in [2.45, 2.75) is 25.8 Å². The molecule has 1 aliphatic heterocycles. The van der Waals surface area contributed by atoms with Crippen molar-refractivity contribution in [2.75, 3.05) is 18.0 Å². The van der Waals surface area contributed by atoms with Crippen molar-refractivity contribution < 1.29 is 4.79 Å². The van der Waals surface area contributed by atoms with Crippen molar-refractivity contribution in [3.63, 3.8) is 0 Å². The van der Waals surface area contributed by atoms with Gasteiger partial charge in [0.25, 0.3) is 5.91 Å². The van der Waals surface area contributed by atoms with Crippen molar-refractivity contribution in [1.82, 2.24) is 15.3 Å². The Morgan fingerprint density at radius 1 is 1.25 bits per heavy atom. The number of carbonyl (C=O) groups is 1. The van der Waals surface area contributed by atoms with E-state index in [-0.39, 0.29) is 12.5 Å². The molecule has 2 aromatic rings. The van der Waals surface area contributed by atoms with Crippen LogP contribution in [-0.2, 0) is 6.54 Å². The first-order valence-electron chi connectivity index (χ1n) is 8.11. The molecule has 0 unspecified atom stereocenters. The van der Waals surface area contributed by atoms with Gasteiger partial charge in [0.1, 0.15) is 11.6 Å². The second-order valence-electron chi connectivity index (χ2n) is 5.75. The number of nitriles is 1. The minimum Gasteiger partial charge on any atom is -0.357 e. The first-order chi connectivity index (χ1) is 11.8. The van der Waals surface area contributed by atoms with E-state index in [1.54, 1.807) is 30.5 Å². The van der Waals surface area contributed by atoms with Gasteiger partial charge in [-0.25, -0.2) is 9.97 Å². The molecule has 1 aromatic carbocycles. The Hall–Kier alpha value is -2.94. The summed E-state index contributed by atoms with van der Waals surface area (Å²) in [7, 11) is 0. The molecule has 3 rings (SSSR count). The van der Waals surface area contributed by atoms with Crippen molar-refractivity contribution in [2.24, 2.45) is 0 Å². The Labute approximate surface area is 141 Å². The van der Waals surface area contributed by atoms with Crippen LogP contribution >= 0.6 is 0 Å². The molecule has 0 atom stereocenters. The maximum Gasteiger partial charge on any atom is 0.251 e. The number of benzene rings is 1. The lowest BCUT2D eigenvalue weighted by Gasteiger charge is -2.27. The Balaban J connectivity index is 1.63. The fraction of sp³-hybridized carbons (Fsp3) is 0.333. The Morgan fingerprint density at radius 3 is 2.88 bits per heavy atom. The van der Waals surface area contributed by atoms with Crippen LogP contribution in [0.2, 0.25) is 0 Å². The van der Waals surface area contributed by atoms with E-state index in [0.29, 0.717) is 17.0 Å². The molecule has 1 amide bonds. The van der Waals surface area contributed by atoms with Gasteiger partial charge in [0.2, 0.25) is 0 Å². The minimum atomic E-state index is -0.237. The van der Waals surface area contributed by atoms with Gasteiger partial charge < -0.3 is 10.2 Å². The van der Waals surface area contributed by atoms with Crippen molar-refractivity contribution >= 4 is 11.7 Å². The van der Waals surface area contributed by atoms with Gasteiger partial charge in [0.05, 0.1) is 18.2 Å². The number of nitrogens with one attached hydrogen (secondary N) is 1. The van der Waals surface area contributed by atoms with Crippen LogP contribution in [0.5, 0.6) is 0 Å². The van der Waals surface area contributed by atoms with E-state index in [1.165, 1.54) is 19.3 Å². The Morgan fingerprint density at radius 2 is 2.08 bits per heavy atom. The molecule has 6 nitrogen and oxygen atoms in total. The molecule has 2 heterocycles. The first kappa shape index (κ1) is 15.9. The fourth-order valence-electron chi connectivity index (χ4n) is 2.76. The van der Waals surface area contributed by atoms with E-state index in [9.17, 15) is 4.79 Å². The lowest BCUT2D eigenvalue weighted by atomic mass is 10.1. The van der Waals surface area contributed by atoms with Crippen molar-refractivity contribution in [3.8, 4) is 6.07 Å². The molecule has 1 fully saturated rings. The Kier molecular flexibility index (Phi) is 5.02. The molecule has 0 spiro atoms. The summed E-state index contributed by atoms with van der Waals surface area (Å²) in [6.07, 6.45) is 5.37. The number of hydrogen-bond donors (Lipinski definition) is 1. The van der Waals surface area contributed by atoms with E-state index >= 15 is 0 Å². The highest BCUT2D eigenvalue weighted by Gasteiger charge is 2.13. The average molecular weight is 321 g/mol. The van der Waals surface area contributed by atoms with E-state index in [2.05, 4.69) is 20.2 Å². The van der Waals surface area contributed by atoms with Gasteiger partial charge in [-0.15, -0.1) is 0 Å². The third kappa shape index (κ3) is 3.87. The van der Waals surface area contributed by atoms with Gasteiger partial charge in [-0.3, -0.25) is 4.79 Å². The van der Waals surface area contributed by atoms with E-state index in [0.717, 1.165) is 18.9 Å². The fourth-order valence-corrected chi connectivity index (χ4v) is 2.76. The summed E-state index contributed by atoms with van der Waals surface area (Å²) < 4.78 is 0. The summed E-state index contributed by atoms with van der Waals surface area (Å²) in [5.41, 5.74) is 0.923. The van der Waals surface area contributed by atoms with Crippen LogP contribution in [0.3, 0.4) is 0 Å². The Bertz CT molecular complexity index is 762. The second kappa shape index (κ2) is 7.55. The van der Waals surface area contributed by atoms with Crippen LogP contribution in [0, 0.1) is 11.3 Å². The molecular formula is C18H19N5O. The maximum atomic E-state index is 12.2. The lowest BCUT2D eigenvalue weighted by molar-refractivity contribution is 0.0950. The number of aromatic nitrogens is 2. The summed E-state index contributed by atoms with van der Waals surface area (Å²) in [4.78, 5) is 23.2. The number of piperidine rings is 1. The largest absolute Gasteiger partial charge is 0.357 e. The molecule has 0 bridgehead atoms. The minimum absolute atomic E-state index is 0.237. The molecule has 0 radical (unpaired) electrons. The van der Waals surface area contributed by atoms with Crippen LogP contribution in [0.25, 0.3) is 0 Å². The number of hydrogen-bond acceptors (Lipinski definition) is 5. The first-order valence-corrected chi connectivity index (χ1v) is 8.11. The van der Waals surface area contributed by atoms with Crippen LogP contribution in [0.1, 0.15) is 41.0 Å². The number of anilines is 1. The van der Waals surface area contributed by atoms with Gasteiger partial charge in [0.15, 0.2) is 0 Å². The summed E-state index contributed by atoms with van der Waals surface area (Å²) in [5, 5.41) is 11.7. The number of rotatable bonds is 4. The van der Waals surface area contributed by atoms with Crippen LogP contribution in [0.15, 0.2) is 36.5 Å². The third-order valence-corrected chi connectivity index (χ3v) is 4.03. The van der Waals surface area contributed by atoms with Gasteiger partial charge in [-0.05, 0) is 43.5 Å². The summed E-state index contributed by atoms with van der Waals surface area (Å²) in [6.45, 7) is 2.30. The molecule has 0 aliphatic carbocycles. The van der Waals surface area contributed by atoms with Gasteiger partial charge >= 0.3 is 0 Å².